The average molecular weight is 223 g/mol. The number of hydrogen-bond donors (Lipinski definition) is 1. The second-order valence-electron chi connectivity index (χ2n) is 4.27. The third-order valence-corrected chi connectivity index (χ3v) is 4.62. The minimum Gasteiger partial charge on any atom is -0.324 e. The van der Waals surface area contributed by atoms with E-state index in [1.54, 1.807) is 0 Å². The zero-order chi connectivity index (χ0) is 11.0. The van der Waals surface area contributed by atoms with Crippen LogP contribution >= 0.6 is 0 Å². The predicted molar refractivity (Wildman–Crippen MR) is 63.4 cm³/mol. The quantitative estimate of drug-likeness (QED) is 0.732. The molecule has 3 heteroatoms. The molecule has 0 amide bonds. The van der Waals surface area contributed by atoms with E-state index >= 15 is 0 Å². The molecule has 2 N–H and O–H groups in total. The third kappa shape index (κ3) is 1.99. The lowest BCUT2D eigenvalue weighted by Crippen LogP contribution is -2.11. The van der Waals surface area contributed by atoms with E-state index < -0.39 is 10.8 Å². The molecule has 82 valence electrons. The Morgan fingerprint density at radius 2 is 2.00 bits per heavy atom. The molecule has 0 fully saturated rings. The van der Waals surface area contributed by atoms with Gasteiger partial charge in [-0.3, -0.25) is 4.21 Å². The van der Waals surface area contributed by atoms with Crippen LogP contribution in [-0.2, 0) is 10.8 Å². The number of fused-ring (bicyclic) bond motifs is 1. The summed E-state index contributed by atoms with van der Waals surface area (Å²) in [6, 6.07) is 4.22. The fourth-order valence-electron chi connectivity index (χ4n) is 2.00. The Balaban J connectivity index is 2.60. The Morgan fingerprint density at radius 1 is 1.33 bits per heavy atom. The number of rotatable bonds is 0. The predicted octanol–water partition coefficient (Wildman–Crippen LogP) is 2.20. The average Bonchev–Trinajstić information content (AvgIpc) is 2.31. The summed E-state index contributed by atoms with van der Waals surface area (Å²) in [6.07, 6.45) is 1.90. The summed E-state index contributed by atoms with van der Waals surface area (Å²) in [5, 5.41) is 0. The largest absolute Gasteiger partial charge is 0.324 e. The molecule has 15 heavy (non-hydrogen) atoms. The van der Waals surface area contributed by atoms with Crippen LogP contribution in [0.2, 0.25) is 0 Å². The molecule has 1 aromatic carbocycles. The molecule has 2 rings (SSSR count). The maximum Gasteiger partial charge on any atom is 0.0533 e. The van der Waals surface area contributed by atoms with Crippen LogP contribution in [0.3, 0.4) is 0 Å². The summed E-state index contributed by atoms with van der Waals surface area (Å²) in [4.78, 5) is 0.961. The zero-order valence-electron chi connectivity index (χ0n) is 9.25. The van der Waals surface area contributed by atoms with E-state index in [1.807, 2.05) is 6.07 Å². The van der Waals surface area contributed by atoms with Crippen molar-refractivity contribution >= 4 is 10.8 Å². The lowest BCUT2D eigenvalue weighted by molar-refractivity contribution is 0.638. The van der Waals surface area contributed by atoms with Gasteiger partial charge in [-0.2, -0.15) is 0 Å². The molecule has 2 atom stereocenters. The summed E-state index contributed by atoms with van der Waals surface area (Å²) in [7, 11) is -0.852. The van der Waals surface area contributed by atoms with E-state index in [1.165, 1.54) is 11.1 Å². The standard InChI is InChI=1S/C12H17NOS/c1-8-6-10-11(13)4-3-5-15(14)12(10)7-9(8)2/h6-7,11H,3-5,13H2,1-2H3. The molecule has 1 aromatic rings. The van der Waals surface area contributed by atoms with E-state index in [2.05, 4.69) is 19.9 Å². The molecule has 0 saturated carbocycles. The molecule has 2 unspecified atom stereocenters. The highest BCUT2D eigenvalue weighted by atomic mass is 32.2. The van der Waals surface area contributed by atoms with E-state index in [9.17, 15) is 4.21 Å². The molecule has 0 radical (unpaired) electrons. The summed E-state index contributed by atoms with van der Waals surface area (Å²) in [5.74, 6) is 0.753. The molecule has 0 aromatic heterocycles. The first kappa shape index (κ1) is 10.8. The van der Waals surface area contributed by atoms with Crippen molar-refractivity contribution in [1.29, 1.82) is 0 Å². The van der Waals surface area contributed by atoms with Gasteiger partial charge >= 0.3 is 0 Å². The minimum absolute atomic E-state index is 0.0609. The fraction of sp³-hybridized carbons (Fsp3) is 0.500. The normalized spacial score (nSPS) is 25.8. The molecule has 0 saturated heterocycles. The summed E-state index contributed by atoms with van der Waals surface area (Å²) < 4.78 is 12.0. The van der Waals surface area contributed by atoms with Gasteiger partial charge < -0.3 is 5.73 Å². The number of benzene rings is 1. The first-order chi connectivity index (χ1) is 7.09. The molecule has 1 aliphatic heterocycles. The molecule has 1 heterocycles. The van der Waals surface area contributed by atoms with Crippen LogP contribution in [0, 0.1) is 13.8 Å². The second-order valence-corrected chi connectivity index (χ2v) is 5.81. The van der Waals surface area contributed by atoms with Crippen LogP contribution in [0.5, 0.6) is 0 Å². The molecular formula is C12H17NOS. The topological polar surface area (TPSA) is 43.1 Å². The Hall–Kier alpha value is -0.670. The van der Waals surface area contributed by atoms with Gasteiger partial charge in [-0.05, 0) is 49.4 Å². The van der Waals surface area contributed by atoms with Crippen LogP contribution in [-0.4, -0.2) is 9.96 Å². The van der Waals surface area contributed by atoms with Crippen molar-refractivity contribution in [2.24, 2.45) is 5.73 Å². The van der Waals surface area contributed by atoms with Gasteiger partial charge in [-0.25, -0.2) is 0 Å². The molecule has 1 aliphatic rings. The highest BCUT2D eigenvalue weighted by Crippen LogP contribution is 2.29. The lowest BCUT2D eigenvalue weighted by atomic mass is 9.99. The van der Waals surface area contributed by atoms with Crippen molar-refractivity contribution in [3.63, 3.8) is 0 Å². The second kappa shape index (κ2) is 4.06. The van der Waals surface area contributed by atoms with Crippen molar-refractivity contribution in [3.8, 4) is 0 Å². The molecule has 2 nitrogen and oxygen atoms in total. The minimum atomic E-state index is -0.852. The van der Waals surface area contributed by atoms with Crippen molar-refractivity contribution in [1.82, 2.24) is 0 Å². The van der Waals surface area contributed by atoms with E-state index in [0.29, 0.717) is 0 Å². The Labute approximate surface area is 93.3 Å². The summed E-state index contributed by atoms with van der Waals surface area (Å²) in [6.45, 7) is 4.14. The van der Waals surface area contributed by atoms with Crippen molar-refractivity contribution in [3.05, 3.63) is 28.8 Å². The number of nitrogens with two attached hydrogens (primary N) is 1. The lowest BCUT2D eigenvalue weighted by Gasteiger charge is -2.14. The van der Waals surface area contributed by atoms with Gasteiger partial charge in [0.15, 0.2) is 0 Å². The number of hydrogen-bond acceptors (Lipinski definition) is 2. The molecule has 0 spiro atoms. The van der Waals surface area contributed by atoms with Gasteiger partial charge in [0.2, 0.25) is 0 Å². The van der Waals surface area contributed by atoms with Crippen LogP contribution in [0.25, 0.3) is 0 Å². The Morgan fingerprint density at radius 3 is 2.73 bits per heavy atom. The van der Waals surface area contributed by atoms with Gasteiger partial charge in [0, 0.05) is 16.7 Å². The number of aryl methyl sites for hydroxylation is 2. The van der Waals surface area contributed by atoms with Gasteiger partial charge in [-0.15, -0.1) is 0 Å². The summed E-state index contributed by atoms with van der Waals surface area (Å²) in [5.41, 5.74) is 9.63. The Kier molecular flexibility index (Phi) is 2.94. The summed E-state index contributed by atoms with van der Waals surface area (Å²) >= 11 is 0. The molecular weight excluding hydrogens is 206 g/mol. The van der Waals surface area contributed by atoms with E-state index in [4.69, 9.17) is 5.73 Å². The van der Waals surface area contributed by atoms with Crippen LogP contribution < -0.4 is 5.73 Å². The molecule has 0 aliphatic carbocycles. The maximum atomic E-state index is 12.0. The first-order valence-corrected chi connectivity index (χ1v) is 6.66. The SMILES string of the molecule is Cc1cc2c(cc1C)S(=O)CCCC2N. The van der Waals surface area contributed by atoms with Gasteiger partial charge in [0.05, 0.1) is 10.8 Å². The van der Waals surface area contributed by atoms with E-state index in [-0.39, 0.29) is 6.04 Å². The highest BCUT2D eigenvalue weighted by molar-refractivity contribution is 7.85. The first-order valence-electron chi connectivity index (χ1n) is 5.34. The molecule has 0 bridgehead atoms. The van der Waals surface area contributed by atoms with Crippen LogP contribution in [0.1, 0.15) is 35.6 Å². The smallest absolute Gasteiger partial charge is 0.0533 e. The van der Waals surface area contributed by atoms with Gasteiger partial charge in [-0.1, -0.05) is 6.07 Å². The fourth-order valence-corrected chi connectivity index (χ4v) is 3.43. The van der Waals surface area contributed by atoms with Crippen LogP contribution in [0.15, 0.2) is 17.0 Å². The van der Waals surface area contributed by atoms with E-state index in [0.717, 1.165) is 29.1 Å². The van der Waals surface area contributed by atoms with Crippen molar-refractivity contribution < 1.29 is 4.21 Å². The Bertz CT molecular complexity index is 414. The van der Waals surface area contributed by atoms with Crippen LogP contribution in [0.4, 0.5) is 0 Å². The monoisotopic (exact) mass is 223 g/mol. The van der Waals surface area contributed by atoms with Gasteiger partial charge in [0.25, 0.3) is 0 Å². The highest BCUT2D eigenvalue weighted by Gasteiger charge is 2.20. The van der Waals surface area contributed by atoms with Crippen molar-refractivity contribution in [2.45, 2.75) is 37.6 Å². The van der Waals surface area contributed by atoms with Gasteiger partial charge in [0.1, 0.15) is 0 Å². The van der Waals surface area contributed by atoms with Crippen molar-refractivity contribution in [2.75, 3.05) is 5.75 Å². The third-order valence-electron chi connectivity index (χ3n) is 3.12. The zero-order valence-corrected chi connectivity index (χ0v) is 10.1. The maximum absolute atomic E-state index is 12.0.